The molecule has 1 rings (SSSR count). The van der Waals surface area contributed by atoms with E-state index in [9.17, 15) is 14.4 Å². The summed E-state index contributed by atoms with van der Waals surface area (Å²) in [6, 6.07) is 0. The number of hydrogen-bond donors (Lipinski definition) is 0. The summed E-state index contributed by atoms with van der Waals surface area (Å²) in [6.07, 6.45) is 1.26. The van der Waals surface area contributed by atoms with Crippen molar-refractivity contribution in [3.05, 3.63) is 11.6 Å². The fourth-order valence-corrected chi connectivity index (χ4v) is 1.13. The molecule has 1 heterocycles. The van der Waals surface area contributed by atoms with Crippen LogP contribution in [-0.4, -0.2) is 29.0 Å². The van der Waals surface area contributed by atoms with E-state index in [0.717, 1.165) is 4.90 Å². The Morgan fingerprint density at radius 3 is 2.36 bits per heavy atom. The van der Waals surface area contributed by atoms with Crippen LogP contribution in [0.25, 0.3) is 0 Å². The number of amides is 2. The Balaban J connectivity index is 2.69. The summed E-state index contributed by atoms with van der Waals surface area (Å²) >= 11 is 0. The zero-order valence-electron chi connectivity index (χ0n) is 8.53. The maximum absolute atomic E-state index is 11.4. The molecule has 14 heavy (non-hydrogen) atoms. The Morgan fingerprint density at radius 2 is 2.00 bits per heavy atom. The van der Waals surface area contributed by atoms with E-state index in [-0.39, 0.29) is 30.1 Å². The van der Waals surface area contributed by atoms with Crippen LogP contribution >= 0.6 is 0 Å². The minimum Gasteiger partial charge on any atom is -0.297 e. The molecule has 0 fully saturated rings. The topological polar surface area (TPSA) is 54.5 Å². The van der Waals surface area contributed by atoms with Crippen molar-refractivity contribution in [2.45, 2.75) is 20.8 Å². The van der Waals surface area contributed by atoms with Crippen molar-refractivity contribution in [3.63, 3.8) is 0 Å². The second-order valence-corrected chi connectivity index (χ2v) is 3.68. The van der Waals surface area contributed by atoms with Crippen LogP contribution in [0, 0.1) is 5.92 Å². The first-order valence-electron chi connectivity index (χ1n) is 4.50. The SMILES string of the molecule is CC1=CC(=O)N(CC(=O)C(C)C)C1=O. The van der Waals surface area contributed by atoms with Crippen molar-refractivity contribution in [3.8, 4) is 0 Å². The normalized spacial score (nSPS) is 16.6. The molecule has 0 aliphatic carbocycles. The smallest absolute Gasteiger partial charge is 0.256 e. The van der Waals surface area contributed by atoms with E-state index in [1.165, 1.54) is 6.08 Å². The van der Waals surface area contributed by atoms with Gasteiger partial charge in [0.1, 0.15) is 0 Å². The Labute approximate surface area is 82.6 Å². The first-order valence-corrected chi connectivity index (χ1v) is 4.50. The lowest BCUT2D eigenvalue weighted by molar-refractivity contribution is -0.141. The van der Waals surface area contributed by atoms with Crippen molar-refractivity contribution in [1.29, 1.82) is 0 Å². The van der Waals surface area contributed by atoms with Crippen molar-refractivity contribution in [2.24, 2.45) is 5.92 Å². The van der Waals surface area contributed by atoms with E-state index < -0.39 is 0 Å². The molecule has 0 bridgehead atoms. The number of carbonyl (C=O) groups is 3. The maximum Gasteiger partial charge on any atom is 0.256 e. The lowest BCUT2D eigenvalue weighted by atomic mass is 10.1. The Bertz CT molecular complexity index is 328. The summed E-state index contributed by atoms with van der Waals surface area (Å²) in [5, 5.41) is 0. The molecule has 2 amide bonds. The van der Waals surface area contributed by atoms with Crippen molar-refractivity contribution in [1.82, 2.24) is 4.90 Å². The monoisotopic (exact) mass is 195 g/mol. The van der Waals surface area contributed by atoms with Gasteiger partial charge < -0.3 is 0 Å². The zero-order valence-corrected chi connectivity index (χ0v) is 8.53. The van der Waals surface area contributed by atoms with E-state index in [2.05, 4.69) is 0 Å². The van der Waals surface area contributed by atoms with Crippen molar-refractivity contribution < 1.29 is 14.4 Å². The molecule has 0 spiro atoms. The first kappa shape index (κ1) is 10.6. The van der Waals surface area contributed by atoms with Gasteiger partial charge in [-0.05, 0) is 6.92 Å². The lowest BCUT2D eigenvalue weighted by Crippen LogP contribution is -2.37. The number of hydrogen-bond acceptors (Lipinski definition) is 3. The van der Waals surface area contributed by atoms with Crippen LogP contribution in [0.2, 0.25) is 0 Å². The molecule has 0 radical (unpaired) electrons. The molecule has 0 saturated heterocycles. The quantitative estimate of drug-likeness (QED) is 0.617. The third kappa shape index (κ3) is 1.89. The molecule has 0 aromatic rings. The maximum atomic E-state index is 11.4. The molecule has 4 nitrogen and oxygen atoms in total. The average Bonchev–Trinajstić information content (AvgIpc) is 2.32. The summed E-state index contributed by atoms with van der Waals surface area (Å²) in [6.45, 7) is 4.95. The summed E-state index contributed by atoms with van der Waals surface area (Å²) in [4.78, 5) is 34.9. The highest BCUT2D eigenvalue weighted by Gasteiger charge is 2.30. The Morgan fingerprint density at radius 1 is 1.43 bits per heavy atom. The van der Waals surface area contributed by atoms with Gasteiger partial charge in [0.2, 0.25) is 0 Å². The molecular formula is C10H13NO3. The molecule has 0 saturated carbocycles. The summed E-state index contributed by atoms with van der Waals surface area (Å²) in [5.41, 5.74) is 0.395. The summed E-state index contributed by atoms with van der Waals surface area (Å²) in [5.74, 6) is -1.00. The number of ketones is 1. The van der Waals surface area contributed by atoms with Crippen molar-refractivity contribution in [2.75, 3.05) is 6.54 Å². The molecule has 4 heteroatoms. The second kappa shape index (κ2) is 3.74. The van der Waals surface area contributed by atoms with Crippen LogP contribution in [0.3, 0.4) is 0 Å². The second-order valence-electron chi connectivity index (χ2n) is 3.68. The van der Waals surface area contributed by atoms with Gasteiger partial charge in [0.15, 0.2) is 5.78 Å². The number of Topliss-reactive ketones (excluding diaryl/α,β-unsaturated/α-hetero) is 1. The molecule has 1 aliphatic rings. The number of imide groups is 1. The zero-order chi connectivity index (χ0) is 10.9. The third-order valence-electron chi connectivity index (χ3n) is 2.15. The molecular weight excluding hydrogens is 182 g/mol. The van der Waals surface area contributed by atoms with Gasteiger partial charge in [-0.15, -0.1) is 0 Å². The standard InChI is InChI=1S/C10H13NO3/c1-6(2)8(12)5-11-9(13)4-7(3)10(11)14/h4,6H,5H2,1-3H3. The van der Waals surface area contributed by atoms with Crippen LogP contribution in [-0.2, 0) is 14.4 Å². The number of carbonyl (C=O) groups excluding carboxylic acids is 3. The number of rotatable bonds is 3. The first-order chi connectivity index (χ1) is 6.43. The van der Waals surface area contributed by atoms with Gasteiger partial charge in [-0.2, -0.15) is 0 Å². The van der Waals surface area contributed by atoms with E-state index in [1.807, 2.05) is 0 Å². The van der Waals surface area contributed by atoms with E-state index in [1.54, 1.807) is 20.8 Å². The van der Waals surface area contributed by atoms with Gasteiger partial charge in [-0.1, -0.05) is 13.8 Å². The predicted octanol–water partition coefficient (Wildman–Crippen LogP) is 0.527. The van der Waals surface area contributed by atoms with Gasteiger partial charge in [-0.25, -0.2) is 0 Å². The highest BCUT2D eigenvalue weighted by molar-refractivity contribution is 6.17. The van der Waals surface area contributed by atoms with Gasteiger partial charge >= 0.3 is 0 Å². The highest BCUT2D eigenvalue weighted by atomic mass is 16.2. The minimum atomic E-state index is -0.387. The highest BCUT2D eigenvalue weighted by Crippen LogP contribution is 2.12. The van der Waals surface area contributed by atoms with E-state index in [4.69, 9.17) is 0 Å². The van der Waals surface area contributed by atoms with Gasteiger partial charge in [0, 0.05) is 17.6 Å². The molecule has 1 aliphatic heterocycles. The largest absolute Gasteiger partial charge is 0.297 e. The lowest BCUT2D eigenvalue weighted by Gasteiger charge is -2.14. The number of nitrogens with zero attached hydrogens (tertiary/aromatic N) is 1. The molecule has 0 atom stereocenters. The minimum absolute atomic E-state index is 0.102. The molecule has 0 unspecified atom stereocenters. The van der Waals surface area contributed by atoms with Crippen LogP contribution in [0.5, 0.6) is 0 Å². The van der Waals surface area contributed by atoms with Gasteiger partial charge in [-0.3, -0.25) is 19.3 Å². The van der Waals surface area contributed by atoms with Crippen LogP contribution < -0.4 is 0 Å². The summed E-state index contributed by atoms with van der Waals surface area (Å²) < 4.78 is 0. The van der Waals surface area contributed by atoms with Gasteiger partial charge in [0.25, 0.3) is 11.8 Å². The van der Waals surface area contributed by atoms with E-state index >= 15 is 0 Å². The molecule has 0 aromatic heterocycles. The van der Waals surface area contributed by atoms with Gasteiger partial charge in [0.05, 0.1) is 6.54 Å². The fourth-order valence-electron chi connectivity index (χ4n) is 1.13. The molecule has 0 N–H and O–H groups in total. The Hall–Kier alpha value is -1.45. The van der Waals surface area contributed by atoms with Crippen LogP contribution in [0.1, 0.15) is 20.8 Å². The fraction of sp³-hybridized carbons (Fsp3) is 0.500. The average molecular weight is 195 g/mol. The molecule has 0 aromatic carbocycles. The van der Waals surface area contributed by atoms with E-state index in [0.29, 0.717) is 5.57 Å². The summed E-state index contributed by atoms with van der Waals surface area (Å²) in [7, 11) is 0. The van der Waals surface area contributed by atoms with Crippen LogP contribution in [0.15, 0.2) is 11.6 Å². The third-order valence-corrected chi connectivity index (χ3v) is 2.15. The predicted molar refractivity (Wildman–Crippen MR) is 50.3 cm³/mol. The van der Waals surface area contributed by atoms with Crippen LogP contribution in [0.4, 0.5) is 0 Å². The Kier molecular flexibility index (Phi) is 2.84. The molecule has 76 valence electrons. The van der Waals surface area contributed by atoms with Crippen molar-refractivity contribution >= 4 is 17.6 Å².